The first kappa shape index (κ1) is 15.8. The molecule has 6 nitrogen and oxygen atoms in total. The molecular formula is C18H19FN4O2. The largest absolute Gasteiger partial charge is 0.396 e. The van der Waals surface area contributed by atoms with E-state index in [1.165, 1.54) is 18.3 Å². The summed E-state index contributed by atoms with van der Waals surface area (Å²) < 4.78 is 13.8. The third kappa shape index (κ3) is 2.60. The molecule has 1 aliphatic rings. The van der Waals surface area contributed by atoms with Gasteiger partial charge >= 0.3 is 0 Å². The first-order chi connectivity index (χ1) is 12.1. The van der Waals surface area contributed by atoms with E-state index < -0.39 is 5.91 Å². The molecule has 3 heterocycles. The van der Waals surface area contributed by atoms with Crippen molar-refractivity contribution in [3.8, 4) is 0 Å². The van der Waals surface area contributed by atoms with Crippen molar-refractivity contribution in [1.82, 2.24) is 9.97 Å². The Balaban J connectivity index is 1.98. The lowest BCUT2D eigenvalue weighted by atomic mass is 9.98. The maximum absolute atomic E-state index is 13.8. The summed E-state index contributed by atoms with van der Waals surface area (Å²) >= 11 is 0. The number of aromatic amines is 1. The Morgan fingerprint density at radius 1 is 1.48 bits per heavy atom. The van der Waals surface area contributed by atoms with Crippen LogP contribution >= 0.6 is 0 Å². The fraction of sp³-hybridized carbons (Fsp3) is 0.333. The highest BCUT2D eigenvalue weighted by molar-refractivity contribution is 6.18. The smallest absolute Gasteiger partial charge is 0.252 e. The maximum atomic E-state index is 13.8. The summed E-state index contributed by atoms with van der Waals surface area (Å²) in [6, 6.07) is 4.46. The molecule has 2 aromatic heterocycles. The van der Waals surface area contributed by atoms with Gasteiger partial charge in [-0.2, -0.15) is 0 Å². The highest BCUT2D eigenvalue weighted by Gasteiger charge is 2.25. The number of halogens is 1. The van der Waals surface area contributed by atoms with Crippen molar-refractivity contribution in [2.75, 3.05) is 24.6 Å². The van der Waals surface area contributed by atoms with Crippen molar-refractivity contribution in [3.63, 3.8) is 0 Å². The first-order valence-electron chi connectivity index (χ1n) is 8.34. The van der Waals surface area contributed by atoms with Crippen molar-refractivity contribution in [1.29, 1.82) is 0 Å². The average molecular weight is 342 g/mol. The number of fused-ring (bicyclic) bond motifs is 3. The van der Waals surface area contributed by atoms with Gasteiger partial charge in [-0.05, 0) is 37.0 Å². The van der Waals surface area contributed by atoms with E-state index in [1.807, 2.05) is 0 Å². The number of nitrogens with two attached hydrogens (primary N) is 1. The minimum absolute atomic E-state index is 0.127. The quantitative estimate of drug-likeness (QED) is 0.680. The van der Waals surface area contributed by atoms with Gasteiger partial charge in [0.2, 0.25) is 0 Å². The molecule has 1 amide bonds. The number of amides is 1. The Labute approximate surface area is 143 Å². The second-order valence-corrected chi connectivity index (χ2v) is 6.56. The lowest BCUT2D eigenvalue weighted by molar-refractivity contribution is 0.100. The van der Waals surface area contributed by atoms with Crippen molar-refractivity contribution in [3.05, 3.63) is 35.8 Å². The molecule has 1 atom stereocenters. The Hall–Kier alpha value is -2.67. The molecule has 1 unspecified atom stereocenters. The number of aliphatic hydroxyl groups is 1. The van der Waals surface area contributed by atoms with Gasteiger partial charge in [-0.25, -0.2) is 9.37 Å². The van der Waals surface area contributed by atoms with Gasteiger partial charge < -0.3 is 20.7 Å². The van der Waals surface area contributed by atoms with Crippen LogP contribution in [0.15, 0.2) is 24.4 Å². The van der Waals surface area contributed by atoms with Crippen molar-refractivity contribution < 1.29 is 14.3 Å². The van der Waals surface area contributed by atoms with E-state index in [4.69, 9.17) is 5.73 Å². The molecule has 0 spiro atoms. The third-order valence-electron chi connectivity index (χ3n) is 4.91. The molecule has 25 heavy (non-hydrogen) atoms. The number of primary amides is 1. The van der Waals surface area contributed by atoms with E-state index in [0.29, 0.717) is 28.7 Å². The SMILES string of the molecule is NC(=O)c1cnc(N2CCCC(CO)C2)c2c1[nH]c1ccc(F)cc12. The minimum atomic E-state index is -0.581. The zero-order valence-corrected chi connectivity index (χ0v) is 13.6. The van der Waals surface area contributed by atoms with Crippen molar-refractivity contribution in [2.45, 2.75) is 12.8 Å². The van der Waals surface area contributed by atoms with Crippen LogP contribution in [0, 0.1) is 11.7 Å². The number of nitrogens with one attached hydrogen (secondary N) is 1. The Morgan fingerprint density at radius 2 is 2.32 bits per heavy atom. The highest BCUT2D eigenvalue weighted by atomic mass is 19.1. The molecule has 1 saturated heterocycles. The van der Waals surface area contributed by atoms with Crippen LogP contribution in [0.4, 0.5) is 10.2 Å². The minimum Gasteiger partial charge on any atom is -0.396 e. The van der Waals surface area contributed by atoms with Crippen molar-refractivity contribution in [2.24, 2.45) is 11.7 Å². The molecule has 7 heteroatoms. The summed E-state index contributed by atoms with van der Waals surface area (Å²) in [5.41, 5.74) is 7.07. The van der Waals surface area contributed by atoms with Crippen LogP contribution in [0.5, 0.6) is 0 Å². The fourth-order valence-corrected chi connectivity index (χ4v) is 3.69. The highest BCUT2D eigenvalue weighted by Crippen LogP contribution is 2.36. The molecule has 0 saturated carbocycles. The number of aliphatic hydroxyl groups excluding tert-OH is 1. The van der Waals surface area contributed by atoms with E-state index in [2.05, 4.69) is 14.9 Å². The number of hydrogen-bond donors (Lipinski definition) is 3. The number of pyridine rings is 1. The summed E-state index contributed by atoms with van der Waals surface area (Å²) in [6.07, 6.45) is 3.38. The standard InChI is InChI=1S/C18H19FN4O2/c19-11-3-4-14-12(6-11)15-16(22-14)13(17(20)25)7-21-18(15)23-5-1-2-10(8-23)9-24/h3-4,6-7,10,22,24H,1-2,5,8-9H2,(H2,20,25). The zero-order chi connectivity index (χ0) is 17.6. The molecule has 4 rings (SSSR count). The van der Waals surface area contributed by atoms with E-state index in [-0.39, 0.29) is 23.9 Å². The summed E-state index contributed by atoms with van der Waals surface area (Å²) in [4.78, 5) is 21.5. The van der Waals surface area contributed by atoms with Gasteiger partial charge in [0.15, 0.2) is 0 Å². The van der Waals surface area contributed by atoms with Crippen molar-refractivity contribution >= 4 is 33.5 Å². The average Bonchev–Trinajstić information content (AvgIpc) is 2.99. The topological polar surface area (TPSA) is 95.2 Å². The number of aromatic nitrogens is 2. The number of H-pyrrole nitrogens is 1. The van der Waals surface area contributed by atoms with E-state index >= 15 is 0 Å². The third-order valence-corrected chi connectivity index (χ3v) is 4.91. The lowest BCUT2D eigenvalue weighted by Crippen LogP contribution is -2.37. The zero-order valence-electron chi connectivity index (χ0n) is 13.6. The van der Waals surface area contributed by atoms with Gasteiger partial charge in [-0.1, -0.05) is 0 Å². The van der Waals surface area contributed by atoms with Crippen LogP contribution in [0.25, 0.3) is 21.8 Å². The Kier molecular flexibility index (Phi) is 3.80. The number of hydrogen-bond acceptors (Lipinski definition) is 4. The fourth-order valence-electron chi connectivity index (χ4n) is 3.69. The number of piperidine rings is 1. The number of carbonyl (C=O) groups excluding carboxylic acids is 1. The monoisotopic (exact) mass is 342 g/mol. The number of benzene rings is 1. The molecule has 1 aromatic carbocycles. The molecule has 0 radical (unpaired) electrons. The van der Waals surface area contributed by atoms with E-state index in [9.17, 15) is 14.3 Å². The molecule has 1 aliphatic heterocycles. The van der Waals surface area contributed by atoms with Crippen LogP contribution in [0.3, 0.4) is 0 Å². The van der Waals surface area contributed by atoms with Crippen LogP contribution in [0.1, 0.15) is 23.2 Å². The van der Waals surface area contributed by atoms with Crippen LogP contribution in [-0.2, 0) is 0 Å². The van der Waals surface area contributed by atoms with Gasteiger partial charge in [0.05, 0.1) is 16.5 Å². The molecule has 4 N–H and O–H groups in total. The second-order valence-electron chi connectivity index (χ2n) is 6.56. The predicted octanol–water partition coefficient (Wildman–Crippen LogP) is 2.16. The van der Waals surface area contributed by atoms with Gasteiger partial charge in [-0.3, -0.25) is 4.79 Å². The van der Waals surface area contributed by atoms with Gasteiger partial charge in [-0.15, -0.1) is 0 Å². The Bertz CT molecular complexity index is 969. The molecule has 3 aromatic rings. The molecule has 1 fully saturated rings. The Morgan fingerprint density at radius 3 is 3.08 bits per heavy atom. The van der Waals surface area contributed by atoms with Gasteiger partial charge in [0.1, 0.15) is 11.6 Å². The molecule has 0 aliphatic carbocycles. The summed E-state index contributed by atoms with van der Waals surface area (Å²) in [5, 5.41) is 10.9. The lowest BCUT2D eigenvalue weighted by Gasteiger charge is -2.33. The number of nitrogens with zero attached hydrogens (tertiary/aromatic N) is 2. The van der Waals surface area contributed by atoms with Gasteiger partial charge in [0.25, 0.3) is 5.91 Å². The predicted molar refractivity (Wildman–Crippen MR) is 94.1 cm³/mol. The summed E-state index contributed by atoms with van der Waals surface area (Å²) in [5.74, 6) is -0.0583. The molecular weight excluding hydrogens is 323 g/mol. The normalized spacial score (nSPS) is 18.2. The van der Waals surface area contributed by atoms with E-state index in [0.717, 1.165) is 24.9 Å². The first-order valence-corrected chi connectivity index (χ1v) is 8.34. The van der Waals surface area contributed by atoms with Gasteiger partial charge in [0, 0.05) is 36.8 Å². The van der Waals surface area contributed by atoms with E-state index in [1.54, 1.807) is 6.07 Å². The molecule has 0 bridgehead atoms. The number of rotatable bonds is 3. The number of anilines is 1. The van der Waals surface area contributed by atoms with Crippen LogP contribution < -0.4 is 10.6 Å². The summed E-state index contributed by atoms with van der Waals surface area (Å²) in [7, 11) is 0. The molecule has 130 valence electrons. The number of carbonyl (C=O) groups is 1. The van der Waals surface area contributed by atoms with Crippen LogP contribution in [-0.4, -0.2) is 40.7 Å². The maximum Gasteiger partial charge on any atom is 0.252 e. The van der Waals surface area contributed by atoms with Crippen LogP contribution in [0.2, 0.25) is 0 Å². The second kappa shape index (κ2) is 6.00. The summed E-state index contributed by atoms with van der Waals surface area (Å²) in [6.45, 7) is 1.61.